The standard InChI is InChI=1S/C32H57N/c1-3-5-7-9-10-12-27-13-15-28(16-14-27)29-17-19-30(20-18-29)31-21-24-32(26-33,25-22-31)23-11-8-6-4-2/h27-31H,3-25H2,1-2H3. The first-order valence-corrected chi connectivity index (χ1v) is 15.6. The molecule has 0 bridgehead atoms. The Kier molecular flexibility index (Phi) is 12.1. The highest BCUT2D eigenvalue weighted by Gasteiger charge is 2.39. The Morgan fingerprint density at radius 3 is 1.55 bits per heavy atom. The predicted molar refractivity (Wildman–Crippen MR) is 143 cm³/mol. The Bertz CT molecular complexity index is 535. The first-order valence-electron chi connectivity index (χ1n) is 15.6. The molecule has 0 saturated heterocycles. The summed E-state index contributed by atoms with van der Waals surface area (Å²) in [5.74, 6) is 5.09. The molecule has 3 saturated carbocycles. The highest BCUT2D eigenvalue weighted by molar-refractivity contribution is 5.02. The number of hydrogen-bond acceptors (Lipinski definition) is 1. The van der Waals surface area contributed by atoms with E-state index >= 15 is 0 Å². The average molecular weight is 456 g/mol. The Morgan fingerprint density at radius 1 is 0.576 bits per heavy atom. The van der Waals surface area contributed by atoms with Crippen LogP contribution in [0.4, 0.5) is 0 Å². The van der Waals surface area contributed by atoms with Crippen LogP contribution in [0.25, 0.3) is 0 Å². The van der Waals surface area contributed by atoms with E-state index in [4.69, 9.17) is 0 Å². The fourth-order valence-corrected chi connectivity index (χ4v) is 8.04. The van der Waals surface area contributed by atoms with E-state index in [1.807, 2.05) is 0 Å². The first kappa shape index (κ1) is 27.1. The molecule has 0 spiro atoms. The largest absolute Gasteiger partial charge is 0.198 e. The van der Waals surface area contributed by atoms with Crippen LogP contribution in [0, 0.1) is 46.3 Å². The van der Waals surface area contributed by atoms with Gasteiger partial charge in [-0.1, -0.05) is 90.9 Å². The maximum Gasteiger partial charge on any atom is 0.0689 e. The maximum atomic E-state index is 9.92. The molecule has 0 aromatic heterocycles. The molecule has 3 aliphatic carbocycles. The van der Waals surface area contributed by atoms with Crippen LogP contribution in [0.1, 0.15) is 162 Å². The zero-order valence-corrected chi connectivity index (χ0v) is 22.6. The van der Waals surface area contributed by atoms with Crippen molar-refractivity contribution in [1.82, 2.24) is 0 Å². The fourth-order valence-electron chi connectivity index (χ4n) is 8.04. The number of unbranched alkanes of at least 4 members (excludes halogenated alkanes) is 7. The van der Waals surface area contributed by atoms with Crippen molar-refractivity contribution in [3.05, 3.63) is 0 Å². The lowest BCUT2D eigenvalue weighted by Crippen LogP contribution is -2.32. The van der Waals surface area contributed by atoms with Crippen LogP contribution in [-0.4, -0.2) is 0 Å². The van der Waals surface area contributed by atoms with Crippen LogP contribution >= 0.6 is 0 Å². The van der Waals surface area contributed by atoms with Crippen molar-refractivity contribution in [2.75, 3.05) is 0 Å². The van der Waals surface area contributed by atoms with Crippen LogP contribution in [0.15, 0.2) is 0 Å². The van der Waals surface area contributed by atoms with Crippen molar-refractivity contribution in [2.45, 2.75) is 162 Å². The molecule has 33 heavy (non-hydrogen) atoms. The van der Waals surface area contributed by atoms with Crippen LogP contribution in [0.3, 0.4) is 0 Å². The van der Waals surface area contributed by atoms with E-state index in [1.165, 1.54) is 135 Å². The molecule has 0 aromatic carbocycles. The summed E-state index contributed by atoms with van der Waals surface area (Å²) in [4.78, 5) is 0. The SMILES string of the molecule is CCCCCCCC1CCC(C2CCC(C3CCC(C#N)(CCCCCC)CC3)CC2)CC1. The normalized spacial score (nSPS) is 35.2. The molecule has 3 rings (SSSR count). The van der Waals surface area contributed by atoms with Gasteiger partial charge in [-0.25, -0.2) is 0 Å². The van der Waals surface area contributed by atoms with Crippen LogP contribution in [0.2, 0.25) is 0 Å². The van der Waals surface area contributed by atoms with E-state index in [0.29, 0.717) is 0 Å². The summed E-state index contributed by atoms with van der Waals surface area (Å²) in [6.45, 7) is 4.60. The van der Waals surface area contributed by atoms with Gasteiger partial charge in [0.05, 0.1) is 11.5 Å². The summed E-state index contributed by atoms with van der Waals surface area (Å²) in [6, 6.07) is 2.79. The minimum Gasteiger partial charge on any atom is -0.198 e. The third kappa shape index (κ3) is 8.58. The molecule has 0 N–H and O–H groups in total. The molecule has 0 atom stereocenters. The lowest BCUT2D eigenvalue weighted by atomic mass is 9.62. The predicted octanol–water partition coefficient (Wildman–Crippen LogP) is 10.6. The Labute approximate surface area is 207 Å². The van der Waals surface area contributed by atoms with E-state index < -0.39 is 0 Å². The Morgan fingerprint density at radius 2 is 1.03 bits per heavy atom. The van der Waals surface area contributed by atoms with Crippen molar-refractivity contribution < 1.29 is 0 Å². The van der Waals surface area contributed by atoms with Crippen molar-refractivity contribution >= 4 is 0 Å². The van der Waals surface area contributed by atoms with Gasteiger partial charge < -0.3 is 0 Å². The molecule has 0 unspecified atom stereocenters. The molecule has 0 radical (unpaired) electrons. The number of nitriles is 1. The molecule has 0 amide bonds. The monoisotopic (exact) mass is 455 g/mol. The number of rotatable bonds is 13. The van der Waals surface area contributed by atoms with E-state index in [9.17, 15) is 5.26 Å². The second-order valence-electron chi connectivity index (χ2n) is 12.7. The van der Waals surface area contributed by atoms with Gasteiger partial charge in [0.1, 0.15) is 0 Å². The third-order valence-electron chi connectivity index (χ3n) is 10.5. The average Bonchev–Trinajstić information content (AvgIpc) is 2.87. The third-order valence-corrected chi connectivity index (χ3v) is 10.5. The summed E-state index contributed by atoms with van der Waals surface area (Å²) in [5.41, 5.74) is 0.0378. The van der Waals surface area contributed by atoms with Crippen LogP contribution in [0.5, 0.6) is 0 Å². The molecular weight excluding hydrogens is 398 g/mol. The van der Waals surface area contributed by atoms with Crippen LogP contribution in [-0.2, 0) is 0 Å². The molecular formula is C32H57N. The second-order valence-corrected chi connectivity index (χ2v) is 12.7. The first-order chi connectivity index (χ1) is 16.2. The van der Waals surface area contributed by atoms with Crippen molar-refractivity contribution in [1.29, 1.82) is 5.26 Å². The van der Waals surface area contributed by atoms with Crippen molar-refractivity contribution in [2.24, 2.45) is 35.0 Å². The van der Waals surface area contributed by atoms with E-state index in [1.54, 1.807) is 12.8 Å². The molecule has 3 aliphatic rings. The van der Waals surface area contributed by atoms with Gasteiger partial charge >= 0.3 is 0 Å². The Balaban J connectivity index is 1.30. The molecule has 0 heterocycles. The van der Waals surface area contributed by atoms with Crippen LogP contribution < -0.4 is 0 Å². The molecule has 190 valence electrons. The number of hydrogen-bond donors (Lipinski definition) is 0. The van der Waals surface area contributed by atoms with E-state index in [0.717, 1.165) is 29.6 Å². The zero-order chi connectivity index (χ0) is 23.4. The van der Waals surface area contributed by atoms with Gasteiger partial charge in [0.2, 0.25) is 0 Å². The summed E-state index contributed by atoms with van der Waals surface area (Å²) >= 11 is 0. The number of nitrogens with zero attached hydrogens (tertiary/aromatic N) is 1. The van der Waals surface area contributed by atoms with E-state index in [-0.39, 0.29) is 5.41 Å². The maximum absolute atomic E-state index is 9.92. The highest BCUT2D eigenvalue weighted by atomic mass is 14.5. The fraction of sp³-hybridized carbons (Fsp3) is 0.969. The minimum atomic E-state index is 0.0378. The van der Waals surface area contributed by atoms with Gasteiger partial charge in [0.25, 0.3) is 0 Å². The lowest BCUT2D eigenvalue weighted by molar-refractivity contribution is 0.0897. The minimum absolute atomic E-state index is 0.0378. The van der Waals surface area contributed by atoms with Gasteiger partial charge in [-0.05, 0) is 100 Å². The summed E-state index contributed by atoms with van der Waals surface area (Å²) in [6.07, 6.45) is 32.5. The van der Waals surface area contributed by atoms with Gasteiger partial charge in [0.15, 0.2) is 0 Å². The van der Waals surface area contributed by atoms with Gasteiger partial charge in [0, 0.05) is 0 Å². The summed E-state index contributed by atoms with van der Waals surface area (Å²) in [5, 5.41) is 9.92. The van der Waals surface area contributed by atoms with Gasteiger partial charge in [-0.15, -0.1) is 0 Å². The molecule has 1 heteroatoms. The summed E-state index contributed by atoms with van der Waals surface area (Å²) in [7, 11) is 0. The smallest absolute Gasteiger partial charge is 0.0689 e. The van der Waals surface area contributed by atoms with Gasteiger partial charge in [-0.3, -0.25) is 0 Å². The van der Waals surface area contributed by atoms with Crippen molar-refractivity contribution in [3.8, 4) is 6.07 Å². The summed E-state index contributed by atoms with van der Waals surface area (Å²) < 4.78 is 0. The topological polar surface area (TPSA) is 23.8 Å². The van der Waals surface area contributed by atoms with E-state index in [2.05, 4.69) is 19.9 Å². The lowest BCUT2D eigenvalue weighted by Gasteiger charge is -2.43. The second kappa shape index (κ2) is 14.8. The Hall–Kier alpha value is -0.510. The molecule has 0 aromatic rings. The highest BCUT2D eigenvalue weighted by Crippen LogP contribution is 2.49. The molecule has 1 nitrogen and oxygen atoms in total. The van der Waals surface area contributed by atoms with Crippen molar-refractivity contribution in [3.63, 3.8) is 0 Å². The van der Waals surface area contributed by atoms with Gasteiger partial charge in [-0.2, -0.15) is 5.26 Å². The quantitative estimate of drug-likeness (QED) is 0.253. The molecule has 3 fully saturated rings. The zero-order valence-electron chi connectivity index (χ0n) is 22.6. The molecule has 0 aliphatic heterocycles.